The van der Waals surface area contributed by atoms with Gasteiger partial charge in [0.1, 0.15) is 0 Å². The molecule has 9 nitrogen and oxygen atoms in total. The van der Waals surface area contributed by atoms with Crippen LogP contribution in [0, 0.1) is 10.1 Å². The first-order valence-electron chi connectivity index (χ1n) is 5.85. The average Bonchev–Trinajstić information content (AvgIpc) is 2.42. The number of pyridine rings is 1. The molecule has 0 amide bonds. The Morgan fingerprint density at radius 2 is 2.35 bits per heavy atom. The van der Waals surface area contributed by atoms with Crippen LogP contribution < -0.4 is 10.5 Å². The number of hydrogen-bond acceptors (Lipinski definition) is 7. The standard InChI is InChI=1S/C11H17N5O4/c1-15(2)4-3-5-20-11-9(16(18)19)6-8(7-13-11)10(12)14-17/h6-7,17H,3-5H2,1-2H3,(H2,12,14). The monoisotopic (exact) mass is 283 g/mol. The average molecular weight is 283 g/mol. The van der Waals surface area contributed by atoms with Crippen LogP contribution in [0.1, 0.15) is 12.0 Å². The number of nitrogens with zero attached hydrogens (tertiary/aromatic N) is 4. The number of nitrogens with two attached hydrogens (primary N) is 1. The lowest BCUT2D eigenvalue weighted by molar-refractivity contribution is -0.386. The van der Waals surface area contributed by atoms with Crippen molar-refractivity contribution in [1.82, 2.24) is 9.88 Å². The first-order chi connectivity index (χ1) is 9.45. The molecule has 1 aromatic rings. The highest BCUT2D eigenvalue weighted by atomic mass is 16.6. The summed E-state index contributed by atoms with van der Waals surface area (Å²) >= 11 is 0. The van der Waals surface area contributed by atoms with Gasteiger partial charge in [-0.15, -0.1) is 0 Å². The van der Waals surface area contributed by atoms with Crippen LogP contribution in [0.5, 0.6) is 5.88 Å². The molecule has 0 aliphatic heterocycles. The molecule has 0 atom stereocenters. The van der Waals surface area contributed by atoms with E-state index in [1.807, 2.05) is 19.0 Å². The molecule has 0 saturated carbocycles. The lowest BCUT2D eigenvalue weighted by Gasteiger charge is -2.10. The van der Waals surface area contributed by atoms with Crippen molar-refractivity contribution >= 4 is 11.5 Å². The van der Waals surface area contributed by atoms with Crippen molar-refractivity contribution in [2.45, 2.75) is 6.42 Å². The Kier molecular flexibility index (Phi) is 5.66. The summed E-state index contributed by atoms with van der Waals surface area (Å²) in [6.07, 6.45) is 1.97. The van der Waals surface area contributed by atoms with Crippen LogP contribution in [0.2, 0.25) is 0 Å². The van der Waals surface area contributed by atoms with Crippen LogP contribution in [0.4, 0.5) is 5.69 Å². The topological polar surface area (TPSA) is 127 Å². The fraction of sp³-hybridized carbons (Fsp3) is 0.455. The van der Waals surface area contributed by atoms with E-state index in [-0.39, 0.29) is 23.0 Å². The number of hydrogen-bond donors (Lipinski definition) is 2. The van der Waals surface area contributed by atoms with Gasteiger partial charge in [0.15, 0.2) is 5.84 Å². The van der Waals surface area contributed by atoms with Gasteiger partial charge < -0.3 is 20.6 Å². The molecule has 0 aromatic carbocycles. The van der Waals surface area contributed by atoms with Crippen molar-refractivity contribution in [3.05, 3.63) is 27.9 Å². The summed E-state index contributed by atoms with van der Waals surface area (Å²) in [5.41, 5.74) is 5.19. The van der Waals surface area contributed by atoms with Gasteiger partial charge in [0, 0.05) is 24.4 Å². The number of aromatic nitrogens is 1. The second kappa shape index (κ2) is 7.24. The van der Waals surface area contributed by atoms with Gasteiger partial charge in [-0.2, -0.15) is 0 Å². The maximum absolute atomic E-state index is 11.0. The maximum atomic E-state index is 11.0. The molecule has 1 heterocycles. The summed E-state index contributed by atoms with van der Waals surface area (Å²) in [6.45, 7) is 1.12. The van der Waals surface area contributed by atoms with E-state index in [2.05, 4.69) is 10.1 Å². The minimum Gasteiger partial charge on any atom is -0.473 e. The van der Waals surface area contributed by atoms with Crippen LogP contribution >= 0.6 is 0 Å². The van der Waals surface area contributed by atoms with Gasteiger partial charge in [-0.3, -0.25) is 10.1 Å². The van der Waals surface area contributed by atoms with E-state index in [0.717, 1.165) is 12.6 Å². The van der Waals surface area contributed by atoms with E-state index in [1.54, 1.807) is 0 Å². The number of ether oxygens (including phenoxy) is 1. The number of rotatable bonds is 7. The van der Waals surface area contributed by atoms with Crippen LogP contribution in [-0.4, -0.2) is 53.1 Å². The SMILES string of the molecule is CN(C)CCCOc1ncc(C(N)=NO)cc1[N+](=O)[O-]. The highest BCUT2D eigenvalue weighted by molar-refractivity contribution is 5.97. The van der Waals surface area contributed by atoms with Crippen LogP contribution in [0.3, 0.4) is 0 Å². The Hall–Kier alpha value is -2.42. The highest BCUT2D eigenvalue weighted by Crippen LogP contribution is 2.25. The largest absolute Gasteiger partial charge is 0.473 e. The van der Waals surface area contributed by atoms with Crippen molar-refractivity contribution < 1.29 is 14.9 Å². The minimum atomic E-state index is -0.623. The van der Waals surface area contributed by atoms with Gasteiger partial charge in [-0.25, -0.2) is 4.98 Å². The molecule has 0 aliphatic rings. The van der Waals surface area contributed by atoms with E-state index >= 15 is 0 Å². The smallest absolute Gasteiger partial charge is 0.331 e. The van der Waals surface area contributed by atoms with Gasteiger partial charge in [-0.1, -0.05) is 5.16 Å². The van der Waals surface area contributed by atoms with Gasteiger partial charge in [0.25, 0.3) is 5.88 Å². The molecule has 9 heteroatoms. The summed E-state index contributed by atoms with van der Waals surface area (Å²) in [5, 5.41) is 22.3. The Bertz CT molecular complexity index is 504. The molecule has 1 aromatic heterocycles. The van der Waals surface area contributed by atoms with Crippen molar-refractivity contribution in [2.75, 3.05) is 27.2 Å². The molecular formula is C11H17N5O4. The normalized spacial score (nSPS) is 11.7. The fourth-order valence-electron chi connectivity index (χ4n) is 1.43. The lowest BCUT2D eigenvalue weighted by atomic mass is 10.2. The first kappa shape index (κ1) is 15.6. The molecule has 0 aliphatic carbocycles. The summed E-state index contributed by atoms with van der Waals surface area (Å²) in [4.78, 5) is 16.2. The lowest BCUT2D eigenvalue weighted by Crippen LogP contribution is -2.16. The van der Waals surface area contributed by atoms with E-state index in [1.165, 1.54) is 6.20 Å². The third-order valence-corrected chi connectivity index (χ3v) is 2.42. The summed E-state index contributed by atoms with van der Waals surface area (Å²) in [7, 11) is 3.85. The Morgan fingerprint density at radius 1 is 1.65 bits per heavy atom. The second-order valence-corrected chi connectivity index (χ2v) is 4.30. The molecule has 0 radical (unpaired) electrons. The van der Waals surface area contributed by atoms with Gasteiger partial charge >= 0.3 is 5.69 Å². The van der Waals surface area contributed by atoms with E-state index in [0.29, 0.717) is 13.0 Å². The second-order valence-electron chi connectivity index (χ2n) is 4.30. The van der Waals surface area contributed by atoms with Crippen molar-refractivity contribution in [1.29, 1.82) is 0 Å². The number of nitro groups is 1. The molecule has 0 saturated heterocycles. The Labute approximate surface area is 115 Å². The zero-order valence-corrected chi connectivity index (χ0v) is 11.3. The molecular weight excluding hydrogens is 266 g/mol. The van der Waals surface area contributed by atoms with E-state index < -0.39 is 4.92 Å². The third-order valence-electron chi connectivity index (χ3n) is 2.42. The van der Waals surface area contributed by atoms with Crippen molar-refractivity contribution in [3.63, 3.8) is 0 Å². The van der Waals surface area contributed by atoms with Crippen molar-refractivity contribution in [3.8, 4) is 5.88 Å². The third kappa shape index (κ3) is 4.35. The van der Waals surface area contributed by atoms with Crippen molar-refractivity contribution in [2.24, 2.45) is 10.9 Å². The zero-order valence-electron chi connectivity index (χ0n) is 11.3. The van der Waals surface area contributed by atoms with Crippen LogP contribution in [-0.2, 0) is 0 Å². The number of amidine groups is 1. The number of oxime groups is 1. The molecule has 110 valence electrons. The van der Waals surface area contributed by atoms with E-state index in [4.69, 9.17) is 15.7 Å². The molecule has 0 unspecified atom stereocenters. The molecule has 1 rings (SSSR count). The quantitative estimate of drug-likeness (QED) is 0.185. The van der Waals surface area contributed by atoms with Crippen LogP contribution in [0.25, 0.3) is 0 Å². The summed E-state index contributed by atoms with van der Waals surface area (Å²) in [6, 6.07) is 1.16. The zero-order chi connectivity index (χ0) is 15.1. The Morgan fingerprint density at radius 3 is 2.90 bits per heavy atom. The molecule has 0 bridgehead atoms. The van der Waals surface area contributed by atoms with Gasteiger partial charge in [0.2, 0.25) is 0 Å². The molecule has 20 heavy (non-hydrogen) atoms. The molecule has 0 fully saturated rings. The van der Waals surface area contributed by atoms with Gasteiger partial charge in [0.05, 0.1) is 11.5 Å². The Balaban J connectivity index is 2.83. The summed E-state index contributed by atoms with van der Waals surface area (Å²) < 4.78 is 5.29. The predicted octanol–water partition coefficient (Wildman–Crippen LogP) is 0.415. The van der Waals surface area contributed by atoms with E-state index in [9.17, 15) is 10.1 Å². The highest BCUT2D eigenvalue weighted by Gasteiger charge is 2.19. The van der Waals surface area contributed by atoms with Crippen LogP contribution in [0.15, 0.2) is 17.4 Å². The first-order valence-corrected chi connectivity index (χ1v) is 5.85. The molecule has 0 spiro atoms. The predicted molar refractivity (Wildman–Crippen MR) is 72.1 cm³/mol. The van der Waals surface area contributed by atoms with Gasteiger partial charge in [-0.05, 0) is 20.5 Å². The maximum Gasteiger partial charge on any atom is 0.331 e. The summed E-state index contributed by atoms with van der Waals surface area (Å²) in [5.74, 6) is -0.331. The minimum absolute atomic E-state index is 0.0803. The molecule has 3 N–H and O–H groups in total. The fourth-order valence-corrected chi connectivity index (χ4v) is 1.43.